The van der Waals surface area contributed by atoms with E-state index in [9.17, 15) is 4.39 Å². The molecule has 7 rings (SSSR count). The molecule has 6 aromatic rings. The highest BCUT2D eigenvalue weighted by Crippen LogP contribution is 2.34. The normalized spacial score (nSPS) is 14.1. The zero-order chi connectivity index (χ0) is 30.0. The summed E-state index contributed by atoms with van der Waals surface area (Å²) in [7, 11) is 4.01. The first-order chi connectivity index (χ1) is 21.5. The summed E-state index contributed by atoms with van der Waals surface area (Å²) < 4.78 is 20.9. The van der Waals surface area contributed by atoms with Gasteiger partial charge < -0.3 is 25.3 Å². The molecule has 224 valence electrons. The number of ether oxygens (including phenoxy) is 1. The van der Waals surface area contributed by atoms with E-state index in [2.05, 4.69) is 40.7 Å². The SMILES string of the molecule is CN(C)CCNc1cc(F)cc(-c2nccc3[nH]c(-c4n[nH]c5ccc(-c6cncc(OC7CCNCC7)c6)nc45)cc23)c1. The average Bonchev–Trinajstić information content (AvgIpc) is 3.65. The third-order valence-corrected chi connectivity index (χ3v) is 7.87. The van der Waals surface area contributed by atoms with Gasteiger partial charge in [-0.1, -0.05) is 0 Å². The molecule has 0 aliphatic carbocycles. The van der Waals surface area contributed by atoms with Crippen LogP contribution in [0.15, 0.2) is 67.1 Å². The second kappa shape index (κ2) is 12.0. The van der Waals surface area contributed by atoms with Gasteiger partial charge in [0.15, 0.2) is 0 Å². The number of H-pyrrole nitrogens is 2. The summed E-state index contributed by atoms with van der Waals surface area (Å²) in [5.41, 5.74) is 7.62. The van der Waals surface area contributed by atoms with Crippen molar-refractivity contribution in [2.75, 3.05) is 45.6 Å². The second-order valence-electron chi connectivity index (χ2n) is 11.4. The van der Waals surface area contributed by atoms with Crippen molar-refractivity contribution < 1.29 is 9.13 Å². The third kappa shape index (κ3) is 5.84. The molecule has 1 aliphatic heterocycles. The Hall–Kier alpha value is -4.87. The van der Waals surface area contributed by atoms with Crippen molar-refractivity contribution >= 4 is 27.6 Å². The monoisotopic (exact) mass is 591 g/mol. The minimum atomic E-state index is -0.320. The average molecular weight is 592 g/mol. The van der Waals surface area contributed by atoms with Crippen LogP contribution in [0.4, 0.5) is 10.1 Å². The van der Waals surface area contributed by atoms with Gasteiger partial charge in [-0.25, -0.2) is 9.37 Å². The van der Waals surface area contributed by atoms with Crippen LogP contribution in [0.5, 0.6) is 5.75 Å². The maximum Gasteiger partial charge on any atom is 0.138 e. The summed E-state index contributed by atoms with van der Waals surface area (Å²) in [5, 5.41) is 15.3. The lowest BCUT2D eigenvalue weighted by atomic mass is 10.1. The minimum absolute atomic E-state index is 0.184. The van der Waals surface area contributed by atoms with Gasteiger partial charge in [-0.2, -0.15) is 5.10 Å². The molecule has 0 amide bonds. The van der Waals surface area contributed by atoms with Crippen LogP contribution in [0.2, 0.25) is 0 Å². The molecular formula is C33H34FN9O. The largest absolute Gasteiger partial charge is 0.489 e. The van der Waals surface area contributed by atoms with E-state index >= 15 is 0 Å². The van der Waals surface area contributed by atoms with E-state index in [4.69, 9.17) is 9.72 Å². The maximum atomic E-state index is 14.7. The van der Waals surface area contributed by atoms with Crippen molar-refractivity contribution in [1.29, 1.82) is 0 Å². The predicted molar refractivity (Wildman–Crippen MR) is 171 cm³/mol. The zero-order valence-corrected chi connectivity index (χ0v) is 24.7. The molecule has 0 spiro atoms. The van der Waals surface area contributed by atoms with E-state index in [1.54, 1.807) is 18.6 Å². The Morgan fingerprint density at radius 3 is 2.73 bits per heavy atom. The summed E-state index contributed by atoms with van der Waals surface area (Å²) in [6.07, 6.45) is 7.42. The molecule has 5 aromatic heterocycles. The Morgan fingerprint density at radius 2 is 1.86 bits per heavy atom. The molecule has 0 radical (unpaired) electrons. The molecule has 1 saturated heterocycles. The van der Waals surface area contributed by atoms with E-state index in [0.29, 0.717) is 29.2 Å². The highest BCUT2D eigenvalue weighted by atomic mass is 19.1. The fraction of sp³-hybridized carbons (Fsp3) is 0.273. The molecule has 0 saturated carbocycles. The Balaban J connectivity index is 1.21. The lowest BCUT2D eigenvalue weighted by molar-refractivity contribution is 0.162. The molecular weight excluding hydrogens is 557 g/mol. The number of likely N-dealkylation sites (N-methyl/N-ethyl adjacent to an activating group) is 1. The molecule has 0 bridgehead atoms. The zero-order valence-electron chi connectivity index (χ0n) is 24.7. The lowest BCUT2D eigenvalue weighted by Crippen LogP contribution is -2.34. The fourth-order valence-electron chi connectivity index (χ4n) is 5.64. The maximum absolute atomic E-state index is 14.7. The van der Waals surface area contributed by atoms with Crippen LogP contribution in [0.1, 0.15) is 12.8 Å². The molecule has 11 heteroatoms. The highest BCUT2D eigenvalue weighted by Gasteiger charge is 2.18. The van der Waals surface area contributed by atoms with Gasteiger partial charge in [-0.05, 0) is 88.6 Å². The van der Waals surface area contributed by atoms with Crippen molar-refractivity contribution in [3.05, 3.63) is 72.9 Å². The number of nitrogens with zero attached hydrogens (tertiary/aromatic N) is 5. The minimum Gasteiger partial charge on any atom is -0.489 e. The summed E-state index contributed by atoms with van der Waals surface area (Å²) in [5.74, 6) is 0.423. The van der Waals surface area contributed by atoms with Crippen LogP contribution in [0.3, 0.4) is 0 Å². The van der Waals surface area contributed by atoms with Crippen LogP contribution in [-0.4, -0.2) is 81.4 Å². The van der Waals surface area contributed by atoms with Gasteiger partial charge in [0.25, 0.3) is 0 Å². The van der Waals surface area contributed by atoms with Crippen LogP contribution in [0.25, 0.3) is 55.8 Å². The van der Waals surface area contributed by atoms with Crippen LogP contribution in [-0.2, 0) is 0 Å². The molecule has 44 heavy (non-hydrogen) atoms. The molecule has 6 heterocycles. The van der Waals surface area contributed by atoms with Crippen molar-refractivity contribution in [2.45, 2.75) is 18.9 Å². The van der Waals surface area contributed by atoms with Crippen molar-refractivity contribution in [3.8, 4) is 39.7 Å². The van der Waals surface area contributed by atoms with Gasteiger partial charge in [-0.15, -0.1) is 0 Å². The van der Waals surface area contributed by atoms with Crippen molar-refractivity contribution in [3.63, 3.8) is 0 Å². The van der Waals surface area contributed by atoms with E-state index in [1.165, 1.54) is 12.1 Å². The first-order valence-corrected chi connectivity index (χ1v) is 14.9. The van der Waals surface area contributed by atoms with Gasteiger partial charge in [0.05, 0.1) is 28.8 Å². The fourth-order valence-corrected chi connectivity index (χ4v) is 5.64. The van der Waals surface area contributed by atoms with E-state index in [1.807, 2.05) is 50.5 Å². The summed E-state index contributed by atoms with van der Waals surface area (Å²) >= 11 is 0. The summed E-state index contributed by atoms with van der Waals surface area (Å²) in [6.45, 7) is 3.46. The highest BCUT2D eigenvalue weighted by molar-refractivity contribution is 5.99. The van der Waals surface area contributed by atoms with E-state index < -0.39 is 0 Å². The van der Waals surface area contributed by atoms with Crippen molar-refractivity contribution in [1.82, 2.24) is 40.3 Å². The van der Waals surface area contributed by atoms with Crippen LogP contribution in [0, 0.1) is 5.82 Å². The van der Waals surface area contributed by atoms with Crippen LogP contribution < -0.4 is 15.4 Å². The number of benzene rings is 1. The summed E-state index contributed by atoms with van der Waals surface area (Å²) in [4.78, 5) is 19.6. The van der Waals surface area contributed by atoms with Gasteiger partial charge in [0.1, 0.15) is 28.9 Å². The molecule has 1 aliphatic rings. The lowest BCUT2D eigenvalue weighted by Gasteiger charge is -2.23. The number of aromatic nitrogens is 6. The van der Waals surface area contributed by atoms with E-state index in [-0.39, 0.29) is 11.9 Å². The van der Waals surface area contributed by atoms with Gasteiger partial charge in [0, 0.05) is 53.2 Å². The number of anilines is 1. The Kier molecular flexibility index (Phi) is 7.63. The Bertz CT molecular complexity index is 1930. The Morgan fingerprint density at radius 1 is 0.977 bits per heavy atom. The van der Waals surface area contributed by atoms with Gasteiger partial charge in [-0.3, -0.25) is 15.1 Å². The van der Waals surface area contributed by atoms with Gasteiger partial charge in [0.2, 0.25) is 0 Å². The molecule has 10 nitrogen and oxygen atoms in total. The Labute approximate surface area is 254 Å². The number of hydrogen-bond donors (Lipinski definition) is 4. The summed E-state index contributed by atoms with van der Waals surface area (Å²) in [6, 6.07) is 14.8. The predicted octanol–water partition coefficient (Wildman–Crippen LogP) is 5.47. The number of rotatable bonds is 9. The number of piperidine rings is 1. The number of fused-ring (bicyclic) bond motifs is 2. The molecule has 1 fully saturated rings. The number of pyridine rings is 3. The van der Waals surface area contributed by atoms with Gasteiger partial charge >= 0.3 is 0 Å². The van der Waals surface area contributed by atoms with E-state index in [0.717, 1.165) is 77.1 Å². The molecule has 1 aromatic carbocycles. The smallest absolute Gasteiger partial charge is 0.138 e. The first kappa shape index (κ1) is 27.9. The van der Waals surface area contributed by atoms with Crippen molar-refractivity contribution in [2.24, 2.45) is 0 Å². The number of aromatic amines is 2. The number of halogens is 1. The third-order valence-electron chi connectivity index (χ3n) is 7.87. The molecule has 0 atom stereocenters. The molecule has 0 unspecified atom stereocenters. The number of hydrogen-bond acceptors (Lipinski definition) is 8. The van der Waals surface area contributed by atoms with Crippen LogP contribution >= 0.6 is 0 Å². The number of nitrogens with one attached hydrogen (secondary N) is 4. The standard InChI is InChI=1S/C33H34FN9O/c1-43(2)12-11-37-23-14-20(13-22(34)16-23)31-26-17-30(39-28(26)7-10-38-31)33-32-29(41-42-33)4-3-27(40-32)21-15-25(19-36-18-21)44-24-5-8-35-9-6-24/h3-4,7,10,13-19,24,35,37,39H,5-6,8-9,11-12H2,1-2H3,(H,41,42). The second-order valence-corrected chi connectivity index (χ2v) is 11.4. The molecule has 4 N–H and O–H groups in total. The first-order valence-electron chi connectivity index (χ1n) is 14.9. The quantitative estimate of drug-likeness (QED) is 0.175. The topological polar surface area (TPSA) is 120 Å².